The summed E-state index contributed by atoms with van der Waals surface area (Å²) in [6.07, 6.45) is -3.10. The lowest BCUT2D eigenvalue weighted by Crippen LogP contribution is -2.48. The van der Waals surface area contributed by atoms with Crippen molar-refractivity contribution in [2.75, 3.05) is 33.9 Å². The molecule has 0 amide bonds. The minimum absolute atomic E-state index is 0.458. The van der Waals surface area contributed by atoms with Crippen LogP contribution in [0.1, 0.15) is 29.5 Å². The third-order valence-electron chi connectivity index (χ3n) is 5.69. The second kappa shape index (κ2) is 10.0. The summed E-state index contributed by atoms with van der Waals surface area (Å²) in [4.78, 5) is 4.26. The lowest BCUT2D eigenvalue weighted by Gasteiger charge is -2.38. The maximum atomic E-state index is 13.3. The number of aliphatic imine (C=N–C) groups is 1. The zero-order valence-electron chi connectivity index (χ0n) is 17.8. The number of guanidine groups is 1. The molecular weight excluding hydrogens is 407 g/mol. The first-order chi connectivity index (χ1) is 14.9. The summed E-state index contributed by atoms with van der Waals surface area (Å²) >= 11 is 0. The quantitative estimate of drug-likeness (QED) is 0.529. The summed E-state index contributed by atoms with van der Waals surface area (Å²) in [6, 6.07) is 13.3. The van der Waals surface area contributed by atoms with Gasteiger partial charge >= 0.3 is 6.18 Å². The molecule has 1 fully saturated rings. The maximum Gasteiger partial charge on any atom is 0.416 e. The minimum atomic E-state index is -4.37. The molecule has 1 aliphatic heterocycles. The van der Waals surface area contributed by atoms with E-state index >= 15 is 0 Å². The number of methoxy groups -OCH3 is 1. The van der Waals surface area contributed by atoms with Crippen molar-refractivity contribution >= 4 is 5.96 Å². The molecule has 0 spiro atoms. The van der Waals surface area contributed by atoms with Crippen molar-refractivity contribution in [1.29, 1.82) is 0 Å². The molecule has 31 heavy (non-hydrogen) atoms. The van der Waals surface area contributed by atoms with E-state index in [1.54, 1.807) is 20.2 Å². The molecule has 5 nitrogen and oxygen atoms in total. The molecule has 0 atom stereocenters. The number of nitrogens with zero attached hydrogens (tertiary/aromatic N) is 1. The van der Waals surface area contributed by atoms with Gasteiger partial charge in [0.1, 0.15) is 5.75 Å². The normalized spacial score (nSPS) is 16.6. The zero-order chi connectivity index (χ0) is 22.3. The van der Waals surface area contributed by atoms with Crippen LogP contribution in [-0.4, -0.2) is 39.9 Å². The lowest BCUT2D eigenvalue weighted by atomic mass is 9.73. The molecule has 0 unspecified atom stereocenters. The highest BCUT2D eigenvalue weighted by Crippen LogP contribution is 2.37. The summed E-state index contributed by atoms with van der Waals surface area (Å²) in [5, 5.41) is 6.56. The Labute approximate surface area is 180 Å². The first-order valence-corrected chi connectivity index (χ1v) is 10.2. The van der Waals surface area contributed by atoms with Crippen LogP contribution < -0.4 is 15.4 Å². The van der Waals surface area contributed by atoms with Crippen molar-refractivity contribution in [3.05, 3.63) is 65.2 Å². The van der Waals surface area contributed by atoms with Crippen molar-refractivity contribution in [2.24, 2.45) is 4.99 Å². The first kappa shape index (κ1) is 22.9. The van der Waals surface area contributed by atoms with Crippen LogP contribution in [0.15, 0.2) is 53.5 Å². The largest absolute Gasteiger partial charge is 0.497 e. The average molecular weight is 435 g/mol. The fourth-order valence-corrected chi connectivity index (χ4v) is 3.76. The topological polar surface area (TPSA) is 54.9 Å². The zero-order valence-corrected chi connectivity index (χ0v) is 17.8. The van der Waals surface area contributed by atoms with Gasteiger partial charge in [0.05, 0.1) is 12.7 Å². The first-order valence-electron chi connectivity index (χ1n) is 10.2. The number of ether oxygens (including phenoxy) is 2. The monoisotopic (exact) mass is 435 g/mol. The van der Waals surface area contributed by atoms with Gasteiger partial charge in [0.2, 0.25) is 0 Å². The van der Waals surface area contributed by atoms with Gasteiger partial charge in [-0.2, -0.15) is 13.2 Å². The number of alkyl halides is 3. The van der Waals surface area contributed by atoms with E-state index in [2.05, 4.69) is 15.6 Å². The van der Waals surface area contributed by atoms with Gasteiger partial charge in [-0.15, -0.1) is 0 Å². The van der Waals surface area contributed by atoms with Crippen LogP contribution in [0.2, 0.25) is 0 Å². The van der Waals surface area contributed by atoms with E-state index in [0.29, 0.717) is 50.7 Å². The van der Waals surface area contributed by atoms with Crippen LogP contribution >= 0.6 is 0 Å². The number of hydrogen-bond donors (Lipinski definition) is 2. The minimum Gasteiger partial charge on any atom is -0.497 e. The molecule has 1 heterocycles. The number of rotatable bonds is 6. The van der Waals surface area contributed by atoms with Crippen LogP contribution in [0, 0.1) is 0 Å². The van der Waals surface area contributed by atoms with E-state index in [4.69, 9.17) is 9.47 Å². The maximum absolute atomic E-state index is 13.3. The van der Waals surface area contributed by atoms with Crippen molar-refractivity contribution in [2.45, 2.75) is 31.0 Å². The summed E-state index contributed by atoms with van der Waals surface area (Å²) in [5.74, 6) is 1.38. The van der Waals surface area contributed by atoms with Gasteiger partial charge in [0, 0.05) is 38.8 Å². The highest BCUT2D eigenvalue weighted by Gasteiger charge is 2.37. The van der Waals surface area contributed by atoms with Crippen LogP contribution in [0.4, 0.5) is 13.2 Å². The van der Waals surface area contributed by atoms with E-state index in [9.17, 15) is 13.2 Å². The van der Waals surface area contributed by atoms with Crippen LogP contribution in [0.5, 0.6) is 5.75 Å². The Hall–Kier alpha value is -2.74. The molecule has 0 radical (unpaired) electrons. The van der Waals surface area contributed by atoms with Gasteiger partial charge in [0.15, 0.2) is 5.96 Å². The van der Waals surface area contributed by atoms with Crippen molar-refractivity contribution in [1.82, 2.24) is 10.6 Å². The summed E-state index contributed by atoms with van der Waals surface area (Å²) < 4.78 is 50.4. The van der Waals surface area contributed by atoms with Crippen LogP contribution in [-0.2, 0) is 22.9 Å². The Kier molecular flexibility index (Phi) is 7.43. The molecule has 0 saturated carbocycles. The molecule has 168 valence electrons. The Morgan fingerprint density at radius 1 is 1.10 bits per heavy atom. The van der Waals surface area contributed by atoms with E-state index in [0.717, 1.165) is 17.4 Å². The number of hydrogen-bond acceptors (Lipinski definition) is 3. The number of benzene rings is 2. The smallest absolute Gasteiger partial charge is 0.416 e. The molecule has 0 bridgehead atoms. The van der Waals surface area contributed by atoms with Gasteiger partial charge in [-0.3, -0.25) is 4.99 Å². The fraction of sp³-hybridized carbons (Fsp3) is 0.435. The second-order valence-corrected chi connectivity index (χ2v) is 7.60. The molecule has 0 aliphatic carbocycles. The third-order valence-corrected chi connectivity index (χ3v) is 5.69. The number of halogens is 3. The Morgan fingerprint density at radius 2 is 1.81 bits per heavy atom. The van der Waals surface area contributed by atoms with Gasteiger partial charge in [0.25, 0.3) is 0 Å². The van der Waals surface area contributed by atoms with Gasteiger partial charge in [-0.1, -0.05) is 30.3 Å². The second-order valence-electron chi connectivity index (χ2n) is 7.60. The van der Waals surface area contributed by atoms with Crippen LogP contribution in [0.3, 0.4) is 0 Å². The highest BCUT2D eigenvalue weighted by atomic mass is 19.4. The lowest BCUT2D eigenvalue weighted by molar-refractivity contribution is -0.137. The standard InChI is InChI=1S/C23H28F3N3O2/c1-27-21(28-15-17-6-8-20(30-2)9-7-17)29-16-22(10-12-31-13-11-22)18-4-3-5-19(14-18)23(24,25)26/h3-9,14H,10-13,15-16H2,1-2H3,(H2,27,28,29). The Morgan fingerprint density at radius 3 is 2.42 bits per heavy atom. The van der Waals surface area contributed by atoms with Gasteiger partial charge in [-0.25, -0.2) is 0 Å². The Balaban J connectivity index is 1.70. The predicted molar refractivity (Wildman–Crippen MR) is 114 cm³/mol. The van der Waals surface area contributed by atoms with E-state index in [1.165, 1.54) is 12.1 Å². The predicted octanol–water partition coefficient (Wildman–Crippen LogP) is 4.13. The third kappa shape index (κ3) is 5.91. The summed E-state index contributed by atoms with van der Waals surface area (Å²) in [5.41, 5.74) is 0.640. The molecule has 8 heteroatoms. The molecule has 2 N–H and O–H groups in total. The Bertz CT molecular complexity index is 876. The molecular formula is C23H28F3N3O2. The van der Waals surface area contributed by atoms with Crippen molar-refractivity contribution in [3.63, 3.8) is 0 Å². The summed E-state index contributed by atoms with van der Waals surface area (Å²) in [6.45, 7) is 2.04. The van der Waals surface area contributed by atoms with E-state index in [1.807, 2.05) is 24.3 Å². The average Bonchev–Trinajstić information content (AvgIpc) is 2.79. The van der Waals surface area contributed by atoms with Gasteiger partial charge < -0.3 is 20.1 Å². The molecule has 1 saturated heterocycles. The van der Waals surface area contributed by atoms with Crippen molar-refractivity contribution < 1.29 is 22.6 Å². The molecule has 1 aliphatic rings. The van der Waals surface area contributed by atoms with Crippen LogP contribution in [0.25, 0.3) is 0 Å². The van der Waals surface area contributed by atoms with E-state index < -0.39 is 17.2 Å². The fourth-order valence-electron chi connectivity index (χ4n) is 3.76. The highest BCUT2D eigenvalue weighted by molar-refractivity contribution is 5.79. The molecule has 2 aromatic carbocycles. The summed E-state index contributed by atoms with van der Waals surface area (Å²) in [7, 11) is 3.29. The van der Waals surface area contributed by atoms with Gasteiger partial charge in [-0.05, 0) is 42.2 Å². The van der Waals surface area contributed by atoms with Crippen molar-refractivity contribution in [3.8, 4) is 5.75 Å². The van der Waals surface area contributed by atoms with E-state index in [-0.39, 0.29) is 0 Å². The molecule has 0 aromatic heterocycles. The molecule has 2 aromatic rings. The number of nitrogens with one attached hydrogen (secondary N) is 2. The molecule has 3 rings (SSSR count). The SMILES string of the molecule is CN=C(NCc1ccc(OC)cc1)NCC1(c2cccc(C(F)(F)F)c2)CCOCC1.